The highest BCUT2D eigenvalue weighted by Gasteiger charge is 2.26. The number of rotatable bonds is 8. The van der Waals surface area contributed by atoms with Crippen LogP contribution in [0.4, 0.5) is 11.4 Å². The predicted molar refractivity (Wildman–Crippen MR) is 137 cm³/mol. The van der Waals surface area contributed by atoms with Crippen LogP contribution in [-0.4, -0.2) is 66.8 Å². The Morgan fingerprint density at radius 2 is 1.71 bits per heavy atom. The van der Waals surface area contributed by atoms with E-state index in [4.69, 9.17) is 0 Å². The first-order chi connectivity index (χ1) is 16.3. The number of anilines is 2. The van der Waals surface area contributed by atoms with Crippen molar-refractivity contribution in [1.82, 2.24) is 9.80 Å². The minimum atomic E-state index is -0.0195. The third-order valence-corrected chi connectivity index (χ3v) is 7.04. The molecule has 1 aliphatic carbocycles. The number of hydrogen-bond donors (Lipinski definition) is 1. The van der Waals surface area contributed by atoms with Crippen LogP contribution in [-0.2, 0) is 9.59 Å². The molecular weight excluding hydrogens is 428 g/mol. The van der Waals surface area contributed by atoms with E-state index in [1.807, 2.05) is 41.8 Å². The van der Waals surface area contributed by atoms with Gasteiger partial charge >= 0.3 is 0 Å². The topological polar surface area (TPSA) is 73.0 Å². The van der Waals surface area contributed by atoms with E-state index in [2.05, 4.69) is 24.1 Å². The van der Waals surface area contributed by atoms with Crippen LogP contribution in [0, 0.1) is 11.8 Å². The minimum absolute atomic E-state index is 0.0195. The molecule has 0 spiro atoms. The minimum Gasteiger partial charge on any atom is -0.369 e. The van der Waals surface area contributed by atoms with Gasteiger partial charge in [-0.1, -0.05) is 26.7 Å². The molecule has 1 saturated carbocycles. The van der Waals surface area contributed by atoms with Gasteiger partial charge in [0.1, 0.15) is 0 Å². The largest absolute Gasteiger partial charge is 0.369 e. The van der Waals surface area contributed by atoms with Gasteiger partial charge in [0.25, 0.3) is 5.91 Å². The summed E-state index contributed by atoms with van der Waals surface area (Å²) in [5.74, 6) is 0.662. The number of carbonyl (C=O) groups is 3. The second kappa shape index (κ2) is 12.2. The maximum Gasteiger partial charge on any atom is 0.256 e. The van der Waals surface area contributed by atoms with Gasteiger partial charge in [0, 0.05) is 63.0 Å². The number of carbonyl (C=O) groups excluding carboxylic acids is 3. The fourth-order valence-electron chi connectivity index (χ4n) is 5.06. The lowest BCUT2D eigenvalue weighted by Crippen LogP contribution is -2.37. The zero-order valence-corrected chi connectivity index (χ0v) is 21.4. The van der Waals surface area contributed by atoms with Crippen molar-refractivity contribution in [3.05, 3.63) is 23.8 Å². The third kappa shape index (κ3) is 6.51. The molecule has 1 aromatic carbocycles. The Bertz CT molecular complexity index is 859. The Morgan fingerprint density at radius 3 is 2.35 bits per heavy atom. The Kier molecular flexibility index (Phi) is 9.36. The molecule has 0 aromatic heterocycles. The second-order valence-electron chi connectivity index (χ2n) is 10.00. The summed E-state index contributed by atoms with van der Waals surface area (Å²) >= 11 is 0. The van der Waals surface area contributed by atoms with Gasteiger partial charge in [-0.25, -0.2) is 0 Å². The molecule has 1 saturated heterocycles. The van der Waals surface area contributed by atoms with Crippen LogP contribution < -0.4 is 10.2 Å². The van der Waals surface area contributed by atoms with Gasteiger partial charge in [0.05, 0.1) is 5.56 Å². The van der Waals surface area contributed by atoms with Crippen LogP contribution in [0.5, 0.6) is 0 Å². The number of nitrogens with zero attached hydrogens (tertiary/aromatic N) is 3. The molecule has 1 N–H and O–H groups in total. The van der Waals surface area contributed by atoms with Crippen molar-refractivity contribution in [2.75, 3.05) is 49.5 Å². The van der Waals surface area contributed by atoms with Crippen molar-refractivity contribution in [3.63, 3.8) is 0 Å². The van der Waals surface area contributed by atoms with E-state index >= 15 is 0 Å². The molecule has 2 fully saturated rings. The summed E-state index contributed by atoms with van der Waals surface area (Å²) in [6, 6.07) is 5.72. The summed E-state index contributed by atoms with van der Waals surface area (Å²) < 4.78 is 0. The molecular formula is C27H42N4O3. The third-order valence-electron chi connectivity index (χ3n) is 7.04. The Morgan fingerprint density at radius 1 is 1.00 bits per heavy atom. The zero-order valence-electron chi connectivity index (χ0n) is 21.4. The molecule has 1 aromatic rings. The first-order valence-corrected chi connectivity index (χ1v) is 13.1. The molecule has 188 valence electrons. The van der Waals surface area contributed by atoms with Crippen LogP contribution in [0.1, 0.15) is 76.6 Å². The van der Waals surface area contributed by atoms with Gasteiger partial charge in [-0.15, -0.1) is 0 Å². The van der Waals surface area contributed by atoms with Gasteiger partial charge in [-0.3, -0.25) is 14.4 Å². The van der Waals surface area contributed by atoms with Crippen LogP contribution in [0.2, 0.25) is 0 Å². The van der Waals surface area contributed by atoms with Crippen LogP contribution in [0.15, 0.2) is 18.2 Å². The normalized spacial score (nSPS) is 17.1. The number of nitrogens with one attached hydrogen (secondary N) is 1. The summed E-state index contributed by atoms with van der Waals surface area (Å²) in [4.78, 5) is 44.8. The molecule has 1 aliphatic heterocycles. The van der Waals surface area contributed by atoms with E-state index in [9.17, 15) is 14.4 Å². The fourth-order valence-corrected chi connectivity index (χ4v) is 5.06. The number of amides is 3. The van der Waals surface area contributed by atoms with Crippen LogP contribution >= 0.6 is 0 Å². The molecule has 7 heteroatoms. The van der Waals surface area contributed by atoms with E-state index in [1.54, 1.807) is 0 Å². The lowest BCUT2D eigenvalue weighted by atomic mass is 10.1. The monoisotopic (exact) mass is 470 g/mol. The smallest absolute Gasteiger partial charge is 0.256 e. The second-order valence-corrected chi connectivity index (χ2v) is 10.00. The van der Waals surface area contributed by atoms with Gasteiger partial charge < -0.3 is 20.0 Å². The summed E-state index contributed by atoms with van der Waals surface area (Å²) in [6.45, 7) is 12.2. The van der Waals surface area contributed by atoms with Crippen LogP contribution in [0.3, 0.4) is 0 Å². The Balaban J connectivity index is 1.82. The average Bonchev–Trinajstić information content (AvgIpc) is 3.24. The SMILES string of the molecule is CCN(CC)C(=O)c1cc(NC(=O)C2CCCC2)ccc1N1CCCN(C(=O)CC(C)C)CC1. The van der Waals surface area contributed by atoms with E-state index < -0.39 is 0 Å². The van der Waals surface area contributed by atoms with Gasteiger partial charge in [-0.05, 0) is 57.2 Å². The summed E-state index contributed by atoms with van der Waals surface area (Å²) in [6.07, 6.45) is 5.52. The van der Waals surface area contributed by atoms with Crippen molar-refractivity contribution < 1.29 is 14.4 Å². The zero-order chi connectivity index (χ0) is 24.7. The highest BCUT2D eigenvalue weighted by molar-refractivity contribution is 6.02. The molecule has 7 nitrogen and oxygen atoms in total. The number of benzene rings is 1. The van der Waals surface area contributed by atoms with Gasteiger partial charge in [0.15, 0.2) is 0 Å². The molecule has 0 radical (unpaired) electrons. The molecule has 0 atom stereocenters. The molecule has 3 rings (SSSR count). The lowest BCUT2D eigenvalue weighted by molar-refractivity contribution is -0.131. The maximum atomic E-state index is 13.5. The molecule has 1 heterocycles. The average molecular weight is 471 g/mol. The summed E-state index contributed by atoms with van der Waals surface area (Å²) in [7, 11) is 0. The molecule has 34 heavy (non-hydrogen) atoms. The first kappa shape index (κ1) is 26.0. The van der Waals surface area contributed by atoms with Crippen molar-refractivity contribution in [1.29, 1.82) is 0 Å². The standard InChI is InChI=1S/C27H42N4O3/c1-5-29(6-2)27(34)23-19-22(28-26(33)21-10-7-8-11-21)12-13-24(23)30-14-9-15-31(17-16-30)25(32)18-20(3)4/h12-13,19-21H,5-11,14-18H2,1-4H3,(H,28,33). The maximum absolute atomic E-state index is 13.5. The van der Waals surface area contributed by atoms with E-state index in [0.717, 1.165) is 50.9 Å². The van der Waals surface area contributed by atoms with E-state index in [-0.39, 0.29) is 23.6 Å². The van der Waals surface area contributed by atoms with Gasteiger partial charge in [-0.2, -0.15) is 0 Å². The molecule has 3 amide bonds. The molecule has 2 aliphatic rings. The van der Waals surface area contributed by atoms with E-state index in [0.29, 0.717) is 49.8 Å². The fraction of sp³-hybridized carbons (Fsp3) is 0.667. The predicted octanol–water partition coefficient (Wildman–Crippen LogP) is 4.38. The molecule has 0 unspecified atom stereocenters. The first-order valence-electron chi connectivity index (χ1n) is 13.1. The van der Waals surface area contributed by atoms with Crippen molar-refractivity contribution in [2.45, 2.75) is 66.2 Å². The quantitative estimate of drug-likeness (QED) is 0.612. The lowest BCUT2D eigenvalue weighted by Gasteiger charge is -2.28. The number of hydrogen-bond acceptors (Lipinski definition) is 4. The Hall–Kier alpha value is -2.57. The Labute approximate surface area is 204 Å². The van der Waals surface area contributed by atoms with Crippen molar-refractivity contribution in [2.24, 2.45) is 11.8 Å². The van der Waals surface area contributed by atoms with Crippen molar-refractivity contribution >= 4 is 29.1 Å². The summed E-state index contributed by atoms with van der Waals surface area (Å²) in [5.41, 5.74) is 2.18. The molecule has 0 bridgehead atoms. The summed E-state index contributed by atoms with van der Waals surface area (Å²) in [5, 5.41) is 3.06. The van der Waals surface area contributed by atoms with Crippen LogP contribution in [0.25, 0.3) is 0 Å². The van der Waals surface area contributed by atoms with Crippen molar-refractivity contribution in [3.8, 4) is 0 Å². The van der Waals surface area contributed by atoms with E-state index in [1.165, 1.54) is 0 Å². The van der Waals surface area contributed by atoms with Gasteiger partial charge in [0.2, 0.25) is 11.8 Å². The highest BCUT2D eigenvalue weighted by atomic mass is 16.2. The highest BCUT2D eigenvalue weighted by Crippen LogP contribution is 2.29.